The van der Waals surface area contributed by atoms with Crippen molar-refractivity contribution in [2.75, 3.05) is 7.11 Å². The highest BCUT2D eigenvalue weighted by Crippen LogP contribution is 2.32. The molecule has 0 bridgehead atoms. The van der Waals surface area contributed by atoms with Gasteiger partial charge in [0.15, 0.2) is 11.5 Å². The Morgan fingerprint density at radius 2 is 2.29 bits per heavy atom. The van der Waals surface area contributed by atoms with E-state index in [9.17, 15) is 9.90 Å². The summed E-state index contributed by atoms with van der Waals surface area (Å²) in [7, 11) is 1.49. The first-order valence-electron chi connectivity index (χ1n) is 7.89. The lowest BCUT2D eigenvalue weighted by Crippen LogP contribution is -2.16. The van der Waals surface area contributed by atoms with E-state index in [1.165, 1.54) is 36.3 Å². The first-order chi connectivity index (χ1) is 11.6. The second-order valence-corrected chi connectivity index (χ2v) is 7.17. The molecule has 24 heavy (non-hydrogen) atoms. The molecule has 1 atom stereocenters. The highest BCUT2D eigenvalue weighted by atomic mass is 32.1. The molecule has 1 aromatic carbocycles. The third-order valence-electron chi connectivity index (χ3n) is 4.14. The summed E-state index contributed by atoms with van der Waals surface area (Å²) in [6, 6.07) is 6.91. The molecule has 2 N–H and O–H groups in total. The zero-order valence-corrected chi connectivity index (χ0v) is 14.5. The molecule has 0 aliphatic heterocycles. The van der Waals surface area contributed by atoms with E-state index < -0.39 is 0 Å². The fourth-order valence-electron chi connectivity index (χ4n) is 2.83. The molecule has 0 spiro atoms. The van der Waals surface area contributed by atoms with Gasteiger partial charge in [0, 0.05) is 4.88 Å². The van der Waals surface area contributed by atoms with Crippen molar-refractivity contribution < 1.29 is 14.6 Å². The lowest BCUT2D eigenvalue weighted by Gasteiger charge is -2.16. The van der Waals surface area contributed by atoms with E-state index in [0.29, 0.717) is 22.1 Å². The molecule has 5 nitrogen and oxygen atoms in total. The Hall–Kier alpha value is -2.34. The minimum atomic E-state index is -0.198. The van der Waals surface area contributed by atoms with Gasteiger partial charge in [0.1, 0.15) is 0 Å². The molecule has 126 valence electrons. The Morgan fingerprint density at radius 1 is 1.46 bits per heavy atom. The maximum Gasteiger partial charge on any atom is 0.281 e. The number of thiophene rings is 1. The molecule has 0 radical (unpaired) electrons. The number of aryl methyl sites for hydroxylation is 1. The number of ether oxygens (including phenoxy) is 1. The molecule has 1 aromatic heterocycles. The number of carbonyl (C=O) groups is 1. The maximum absolute atomic E-state index is 12.2. The van der Waals surface area contributed by atoms with Crippen molar-refractivity contribution in [2.45, 2.75) is 26.2 Å². The minimum Gasteiger partial charge on any atom is -0.504 e. The smallest absolute Gasteiger partial charge is 0.281 e. The summed E-state index contributed by atoms with van der Waals surface area (Å²) >= 11 is 1.56. The number of phenolic OH excluding ortho intramolecular Hbond substituents is 1. The van der Waals surface area contributed by atoms with E-state index in [0.717, 1.165) is 12.8 Å². The number of methoxy groups -OCH3 is 1. The number of phenols is 1. The third-order valence-corrected chi connectivity index (χ3v) is 5.37. The van der Waals surface area contributed by atoms with E-state index in [2.05, 4.69) is 17.5 Å². The molecule has 3 rings (SSSR count). The van der Waals surface area contributed by atoms with Crippen LogP contribution in [0, 0.1) is 5.92 Å². The molecule has 6 heteroatoms. The van der Waals surface area contributed by atoms with Crippen LogP contribution in [0.1, 0.15) is 39.0 Å². The lowest BCUT2D eigenvalue weighted by atomic mass is 9.90. The summed E-state index contributed by atoms with van der Waals surface area (Å²) in [5.74, 6) is 0.919. The average Bonchev–Trinajstić information content (AvgIpc) is 2.98. The summed E-state index contributed by atoms with van der Waals surface area (Å²) in [6.07, 6.45) is 4.79. The number of hydrogen-bond acceptors (Lipinski definition) is 5. The number of aromatic hydroxyl groups is 1. The van der Waals surface area contributed by atoms with E-state index in [1.807, 2.05) is 6.07 Å². The summed E-state index contributed by atoms with van der Waals surface area (Å²) in [5.41, 5.74) is 4.52. The van der Waals surface area contributed by atoms with Crippen LogP contribution in [-0.2, 0) is 12.8 Å². The number of hydrogen-bond donors (Lipinski definition) is 2. The minimum absolute atomic E-state index is 0.0350. The third kappa shape index (κ3) is 3.59. The normalized spacial score (nSPS) is 16.8. The van der Waals surface area contributed by atoms with Gasteiger partial charge < -0.3 is 9.84 Å². The quantitative estimate of drug-likeness (QED) is 0.660. The predicted molar refractivity (Wildman–Crippen MR) is 95.2 cm³/mol. The Labute approximate surface area is 145 Å². The lowest BCUT2D eigenvalue weighted by molar-refractivity contribution is 0.0959. The fourth-order valence-corrected chi connectivity index (χ4v) is 3.92. The zero-order chi connectivity index (χ0) is 17.1. The van der Waals surface area contributed by atoms with Gasteiger partial charge in [0.25, 0.3) is 5.91 Å². The van der Waals surface area contributed by atoms with E-state index in [-0.39, 0.29) is 11.7 Å². The van der Waals surface area contributed by atoms with Crippen LogP contribution in [0.4, 0.5) is 0 Å². The SMILES string of the molecule is COc1ccc(C=NNC(=O)c2cc3c(s2)CCC(C)C3)cc1O. The number of hydrazone groups is 1. The van der Waals surface area contributed by atoms with Crippen LogP contribution in [0.2, 0.25) is 0 Å². The van der Waals surface area contributed by atoms with Crippen LogP contribution in [0.3, 0.4) is 0 Å². The van der Waals surface area contributed by atoms with Crippen molar-refractivity contribution in [3.8, 4) is 11.5 Å². The fraction of sp³-hybridized carbons (Fsp3) is 0.333. The molecule has 0 fully saturated rings. The first-order valence-corrected chi connectivity index (χ1v) is 8.70. The summed E-state index contributed by atoms with van der Waals surface area (Å²) in [5, 5.41) is 13.7. The number of fused-ring (bicyclic) bond motifs is 1. The van der Waals surface area contributed by atoms with Crippen molar-refractivity contribution in [2.24, 2.45) is 11.0 Å². The van der Waals surface area contributed by atoms with Crippen molar-refractivity contribution in [1.82, 2.24) is 5.43 Å². The standard InChI is InChI=1S/C18H20N2O3S/c1-11-3-6-16-13(7-11)9-17(24-16)18(22)20-19-10-12-4-5-15(23-2)14(21)8-12/h4-5,8-11,21H,3,6-7H2,1-2H3,(H,20,22). The summed E-state index contributed by atoms with van der Waals surface area (Å²) in [6.45, 7) is 2.24. The molecule has 1 heterocycles. The molecular formula is C18H20N2O3S. The number of nitrogens with one attached hydrogen (secondary N) is 1. The molecule has 0 saturated heterocycles. The van der Waals surface area contributed by atoms with Crippen LogP contribution in [0.25, 0.3) is 0 Å². The summed E-state index contributed by atoms with van der Waals surface area (Å²) in [4.78, 5) is 14.2. The average molecular weight is 344 g/mol. The predicted octanol–water partition coefficient (Wildman–Crippen LogP) is 3.35. The monoisotopic (exact) mass is 344 g/mol. The molecule has 0 saturated carbocycles. The molecule has 1 amide bonds. The molecule has 2 aromatic rings. The van der Waals surface area contributed by atoms with Gasteiger partial charge >= 0.3 is 0 Å². The second-order valence-electron chi connectivity index (χ2n) is 6.04. The Morgan fingerprint density at radius 3 is 3.04 bits per heavy atom. The van der Waals surface area contributed by atoms with Gasteiger partial charge in [0.05, 0.1) is 18.2 Å². The summed E-state index contributed by atoms with van der Waals surface area (Å²) < 4.78 is 4.98. The van der Waals surface area contributed by atoms with Crippen molar-refractivity contribution in [3.05, 3.63) is 45.1 Å². The highest BCUT2D eigenvalue weighted by Gasteiger charge is 2.20. The van der Waals surface area contributed by atoms with Gasteiger partial charge in [-0.15, -0.1) is 11.3 Å². The van der Waals surface area contributed by atoms with Crippen LogP contribution in [-0.4, -0.2) is 24.3 Å². The Bertz CT molecular complexity index is 783. The van der Waals surface area contributed by atoms with E-state index in [1.54, 1.807) is 23.5 Å². The van der Waals surface area contributed by atoms with Crippen LogP contribution >= 0.6 is 11.3 Å². The second kappa shape index (κ2) is 7.05. The highest BCUT2D eigenvalue weighted by molar-refractivity contribution is 7.14. The van der Waals surface area contributed by atoms with E-state index >= 15 is 0 Å². The number of amides is 1. The van der Waals surface area contributed by atoms with Gasteiger partial charge in [-0.1, -0.05) is 6.92 Å². The van der Waals surface area contributed by atoms with Gasteiger partial charge in [-0.25, -0.2) is 5.43 Å². The van der Waals surface area contributed by atoms with Crippen molar-refractivity contribution in [3.63, 3.8) is 0 Å². The van der Waals surface area contributed by atoms with Crippen molar-refractivity contribution >= 4 is 23.5 Å². The van der Waals surface area contributed by atoms with Crippen LogP contribution < -0.4 is 10.2 Å². The van der Waals surface area contributed by atoms with Gasteiger partial charge in [-0.05, 0) is 60.6 Å². The largest absolute Gasteiger partial charge is 0.504 e. The first kappa shape index (κ1) is 16.5. The Balaban J connectivity index is 1.64. The maximum atomic E-state index is 12.2. The van der Waals surface area contributed by atoms with Gasteiger partial charge in [-0.2, -0.15) is 5.10 Å². The molecule has 1 aliphatic carbocycles. The molecule has 1 unspecified atom stereocenters. The Kier molecular flexibility index (Phi) is 4.85. The molecular weight excluding hydrogens is 324 g/mol. The number of carbonyl (C=O) groups excluding carboxylic acids is 1. The number of nitrogens with zero attached hydrogens (tertiary/aromatic N) is 1. The van der Waals surface area contributed by atoms with E-state index in [4.69, 9.17) is 4.74 Å². The number of benzene rings is 1. The van der Waals surface area contributed by atoms with Crippen molar-refractivity contribution in [1.29, 1.82) is 0 Å². The van der Waals surface area contributed by atoms with Gasteiger partial charge in [-0.3, -0.25) is 4.79 Å². The van der Waals surface area contributed by atoms with Gasteiger partial charge in [0.2, 0.25) is 0 Å². The topological polar surface area (TPSA) is 70.9 Å². The molecule has 1 aliphatic rings. The number of rotatable bonds is 4. The zero-order valence-electron chi connectivity index (χ0n) is 13.7. The van der Waals surface area contributed by atoms with Crippen LogP contribution in [0.5, 0.6) is 11.5 Å². The van der Waals surface area contributed by atoms with Crippen LogP contribution in [0.15, 0.2) is 29.4 Å².